The van der Waals surface area contributed by atoms with Crippen LogP contribution in [0, 0.1) is 11.3 Å². The summed E-state index contributed by atoms with van der Waals surface area (Å²) in [5, 5.41) is 16.4. The maximum Gasteiger partial charge on any atom is 0.102 e. The first-order chi connectivity index (χ1) is 9.35. The first-order valence-corrected chi connectivity index (χ1v) is 7.97. The molecule has 1 aromatic rings. The molecule has 2 N–H and O–H groups in total. The van der Waals surface area contributed by atoms with Crippen molar-refractivity contribution in [2.24, 2.45) is 0 Å². The highest BCUT2D eigenvalue weighted by Crippen LogP contribution is 2.28. The number of anilines is 1. The minimum atomic E-state index is 0.427. The second-order valence-electron chi connectivity index (χ2n) is 4.76. The molecular weight excluding hydrogens is 254 g/mol. The van der Waals surface area contributed by atoms with Crippen LogP contribution in [0.15, 0.2) is 23.1 Å². The molecule has 1 aromatic carbocycles. The number of rotatable bonds is 4. The van der Waals surface area contributed by atoms with Gasteiger partial charge in [0.25, 0.3) is 0 Å². The van der Waals surface area contributed by atoms with Crippen LogP contribution in [0.4, 0.5) is 5.69 Å². The number of thioether (sulfide) groups is 1. The second kappa shape index (κ2) is 7.42. The summed E-state index contributed by atoms with van der Waals surface area (Å²) in [5.74, 6) is 0.989. The van der Waals surface area contributed by atoms with E-state index in [1.807, 2.05) is 18.2 Å². The summed E-state index contributed by atoms with van der Waals surface area (Å²) in [6.45, 7) is 4.20. The number of hydrogen-bond donors (Lipinski definition) is 2. The van der Waals surface area contributed by atoms with Crippen molar-refractivity contribution in [3.8, 4) is 6.07 Å². The van der Waals surface area contributed by atoms with Crippen LogP contribution in [-0.4, -0.2) is 24.9 Å². The molecule has 2 rings (SSSR count). The summed E-state index contributed by atoms with van der Waals surface area (Å²) in [6.07, 6.45) is 3.66. The minimum Gasteiger partial charge on any atom is -0.380 e. The predicted molar refractivity (Wildman–Crippen MR) is 81.7 cm³/mol. The highest BCUT2D eigenvalue weighted by molar-refractivity contribution is 7.99. The van der Waals surface area contributed by atoms with Crippen molar-refractivity contribution in [1.29, 1.82) is 5.26 Å². The molecule has 1 aliphatic rings. The first kappa shape index (κ1) is 14.2. The largest absolute Gasteiger partial charge is 0.380 e. The van der Waals surface area contributed by atoms with Gasteiger partial charge in [-0.3, -0.25) is 0 Å². The zero-order valence-corrected chi connectivity index (χ0v) is 12.2. The minimum absolute atomic E-state index is 0.427. The van der Waals surface area contributed by atoms with Crippen molar-refractivity contribution in [2.75, 3.05) is 24.2 Å². The van der Waals surface area contributed by atoms with Gasteiger partial charge < -0.3 is 10.6 Å². The van der Waals surface area contributed by atoms with Gasteiger partial charge in [0.2, 0.25) is 0 Å². The molecule has 0 radical (unpaired) electrons. The summed E-state index contributed by atoms with van der Waals surface area (Å²) in [6, 6.07) is 8.86. The number of benzene rings is 1. The van der Waals surface area contributed by atoms with Crippen LogP contribution < -0.4 is 10.6 Å². The van der Waals surface area contributed by atoms with Gasteiger partial charge in [-0.15, -0.1) is 11.8 Å². The molecule has 3 nitrogen and oxygen atoms in total. The van der Waals surface area contributed by atoms with Crippen LogP contribution in [-0.2, 0) is 0 Å². The van der Waals surface area contributed by atoms with Crippen LogP contribution in [0.3, 0.4) is 0 Å². The molecule has 1 atom stereocenters. The molecule has 19 heavy (non-hydrogen) atoms. The van der Waals surface area contributed by atoms with Gasteiger partial charge in [0, 0.05) is 17.5 Å². The number of nitrogens with zero attached hydrogens (tertiary/aromatic N) is 1. The third kappa shape index (κ3) is 3.89. The Balaban J connectivity index is 2.14. The quantitative estimate of drug-likeness (QED) is 0.828. The lowest BCUT2D eigenvalue weighted by Crippen LogP contribution is -2.31. The third-order valence-corrected chi connectivity index (χ3v) is 4.28. The normalized spacial score (nSPS) is 19.5. The van der Waals surface area contributed by atoms with Crippen molar-refractivity contribution < 1.29 is 0 Å². The molecule has 0 spiro atoms. The lowest BCUT2D eigenvalue weighted by molar-refractivity contribution is 0.636. The molecule has 0 amide bonds. The lowest BCUT2D eigenvalue weighted by atomic mass is 10.1. The molecule has 1 fully saturated rings. The number of nitriles is 1. The summed E-state index contributed by atoms with van der Waals surface area (Å²) < 4.78 is 0. The van der Waals surface area contributed by atoms with E-state index in [2.05, 4.69) is 23.6 Å². The van der Waals surface area contributed by atoms with Gasteiger partial charge in [0.1, 0.15) is 6.07 Å². The third-order valence-electron chi connectivity index (χ3n) is 3.34. The fourth-order valence-corrected chi connectivity index (χ4v) is 3.19. The predicted octanol–water partition coefficient (Wildman–Crippen LogP) is 3.22. The van der Waals surface area contributed by atoms with Crippen molar-refractivity contribution >= 4 is 17.4 Å². The zero-order valence-electron chi connectivity index (χ0n) is 11.4. The van der Waals surface area contributed by atoms with E-state index in [4.69, 9.17) is 0 Å². The van der Waals surface area contributed by atoms with Crippen LogP contribution in [0.2, 0.25) is 0 Å². The van der Waals surface area contributed by atoms with E-state index in [9.17, 15) is 5.26 Å². The van der Waals surface area contributed by atoms with Crippen LogP contribution in [0.1, 0.15) is 31.7 Å². The topological polar surface area (TPSA) is 47.8 Å². The van der Waals surface area contributed by atoms with Gasteiger partial charge >= 0.3 is 0 Å². The Labute approximate surface area is 119 Å². The van der Waals surface area contributed by atoms with Crippen molar-refractivity contribution in [3.05, 3.63) is 23.8 Å². The molecule has 0 aliphatic carbocycles. The van der Waals surface area contributed by atoms with Gasteiger partial charge in [-0.2, -0.15) is 5.26 Å². The Bertz CT molecular complexity index is 445. The van der Waals surface area contributed by atoms with E-state index in [0.29, 0.717) is 6.04 Å². The van der Waals surface area contributed by atoms with Crippen molar-refractivity contribution in [1.82, 2.24) is 5.32 Å². The Morgan fingerprint density at radius 1 is 1.47 bits per heavy atom. The molecule has 1 aliphatic heterocycles. The molecule has 1 unspecified atom stereocenters. The van der Waals surface area contributed by atoms with Crippen LogP contribution in [0.5, 0.6) is 0 Å². The highest BCUT2D eigenvalue weighted by atomic mass is 32.2. The van der Waals surface area contributed by atoms with Crippen molar-refractivity contribution in [3.63, 3.8) is 0 Å². The monoisotopic (exact) mass is 275 g/mol. The summed E-state index contributed by atoms with van der Waals surface area (Å²) in [4.78, 5) is 1.08. The molecule has 1 heterocycles. The van der Waals surface area contributed by atoms with E-state index in [1.165, 1.54) is 19.3 Å². The number of nitrogens with one attached hydrogen (secondary N) is 2. The Kier molecular flexibility index (Phi) is 5.56. The van der Waals surface area contributed by atoms with Crippen LogP contribution in [0.25, 0.3) is 0 Å². The fourth-order valence-electron chi connectivity index (χ4n) is 2.40. The molecule has 0 saturated carbocycles. The Morgan fingerprint density at radius 3 is 3.16 bits per heavy atom. The van der Waals surface area contributed by atoms with Gasteiger partial charge in [0.15, 0.2) is 0 Å². The van der Waals surface area contributed by atoms with E-state index < -0.39 is 0 Å². The van der Waals surface area contributed by atoms with Gasteiger partial charge in [-0.05, 0) is 37.3 Å². The van der Waals surface area contributed by atoms with E-state index in [1.54, 1.807) is 11.8 Å². The molecule has 4 heteroatoms. The van der Waals surface area contributed by atoms with Gasteiger partial charge in [-0.25, -0.2) is 0 Å². The molecule has 0 aromatic heterocycles. The van der Waals surface area contributed by atoms with Gasteiger partial charge in [-0.1, -0.05) is 19.4 Å². The Hall–Kier alpha value is -1.18. The first-order valence-electron chi connectivity index (χ1n) is 6.98. The second-order valence-corrected chi connectivity index (χ2v) is 6.07. The Morgan fingerprint density at radius 2 is 2.37 bits per heavy atom. The molecular formula is C15H21N3S. The van der Waals surface area contributed by atoms with E-state index >= 15 is 0 Å². The summed E-state index contributed by atoms with van der Waals surface area (Å²) in [7, 11) is 0. The maximum absolute atomic E-state index is 9.39. The highest BCUT2D eigenvalue weighted by Gasteiger charge is 2.14. The SMILES string of the molecule is CCSc1cccc(NC2CCCCNC2)c1C#N. The summed E-state index contributed by atoms with van der Waals surface area (Å²) >= 11 is 1.73. The average molecular weight is 275 g/mol. The van der Waals surface area contributed by atoms with Crippen LogP contribution >= 0.6 is 11.8 Å². The molecule has 1 saturated heterocycles. The van der Waals surface area contributed by atoms with Crippen molar-refractivity contribution in [2.45, 2.75) is 37.1 Å². The van der Waals surface area contributed by atoms with E-state index in [0.717, 1.165) is 35.0 Å². The summed E-state index contributed by atoms with van der Waals surface area (Å²) in [5.41, 5.74) is 1.77. The molecule has 0 bridgehead atoms. The fraction of sp³-hybridized carbons (Fsp3) is 0.533. The van der Waals surface area contributed by atoms with Gasteiger partial charge in [0.05, 0.1) is 11.3 Å². The smallest absolute Gasteiger partial charge is 0.102 e. The lowest BCUT2D eigenvalue weighted by Gasteiger charge is -2.19. The zero-order chi connectivity index (χ0) is 13.5. The standard InChI is InChI=1S/C15H21N3S/c1-2-19-15-8-5-7-14(13(15)10-16)18-12-6-3-4-9-17-11-12/h5,7-8,12,17-18H,2-4,6,9,11H2,1H3. The number of hydrogen-bond acceptors (Lipinski definition) is 4. The molecule has 102 valence electrons. The van der Waals surface area contributed by atoms with E-state index in [-0.39, 0.29) is 0 Å². The maximum atomic E-state index is 9.39. The average Bonchev–Trinajstić information content (AvgIpc) is 2.68.